The lowest BCUT2D eigenvalue weighted by molar-refractivity contribution is 0.0697. The zero-order valence-corrected chi connectivity index (χ0v) is 12.1. The first kappa shape index (κ1) is 14.3. The lowest BCUT2D eigenvalue weighted by atomic mass is 10.2. The maximum absolute atomic E-state index is 10.8. The smallest absolute Gasteiger partial charge is 0.335 e. The fourth-order valence-electron chi connectivity index (χ4n) is 1.52. The molecule has 0 aliphatic carbocycles. The predicted molar refractivity (Wildman–Crippen MR) is 79.4 cm³/mol. The van der Waals surface area contributed by atoms with Gasteiger partial charge < -0.3 is 5.11 Å². The molecule has 0 saturated carbocycles. The average Bonchev–Trinajstić information content (AvgIpc) is 2.39. The second-order valence-corrected chi connectivity index (χ2v) is 5.66. The van der Waals surface area contributed by atoms with Gasteiger partial charge in [0.25, 0.3) is 0 Å². The molecule has 0 spiro atoms. The molecule has 0 aromatic heterocycles. The van der Waals surface area contributed by atoms with Crippen LogP contribution in [0.1, 0.15) is 15.9 Å². The van der Waals surface area contributed by atoms with E-state index in [-0.39, 0.29) is 5.56 Å². The van der Waals surface area contributed by atoms with Crippen molar-refractivity contribution in [3.05, 3.63) is 63.6 Å². The van der Waals surface area contributed by atoms with Gasteiger partial charge in [-0.15, -0.1) is 11.8 Å². The van der Waals surface area contributed by atoms with Crippen LogP contribution in [0.25, 0.3) is 0 Å². The average molecular weight is 313 g/mol. The van der Waals surface area contributed by atoms with Crippen molar-refractivity contribution in [1.29, 1.82) is 0 Å². The number of hydrogen-bond acceptors (Lipinski definition) is 2. The Labute approximate surface area is 125 Å². The van der Waals surface area contributed by atoms with E-state index in [9.17, 15) is 4.79 Å². The molecule has 0 heterocycles. The Balaban J connectivity index is 2.12. The van der Waals surface area contributed by atoms with E-state index in [2.05, 4.69) is 0 Å². The Bertz CT molecular complexity index is 614. The molecule has 0 amide bonds. The van der Waals surface area contributed by atoms with Crippen LogP contribution in [-0.4, -0.2) is 11.1 Å². The van der Waals surface area contributed by atoms with E-state index in [1.165, 1.54) is 17.8 Å². The summed E-state index contributed by atoms with van der Waals surface area (Å²) in [6.45, 7) is 0. The van der Waals surface area contributed by atoms with Gasteiger partial charge in [0, 0.05) is 15.7 Å². The SMILES string of the molecule is O=C(O)c1ccc(SCc2ccccc2Cl)c(Cl)c1. The van der Waals surface area contributed by atoms with Crippen molar-refractivity contribution in [2.45, 2.75) is 10.6 Å². The van der Waals surface area contributed by atoms with Crippen LogP contribution in [0.2, 0.25) is 10.0 Å². The Morgan fingerprint density at radius 1 is 1.11 bits per heavy atom. The number of benzene rings is 2. The number of carboxylic acid groups (broad SMARTS) is 1. The minimum Gasteiger partial charge on any atom is -0.478 e. The van der Waals surface area contributed by atoms with Crippen LogP contribution in [-0.2, 0) is 5.75 Å². The third-order valence-electron chi connectivity index (χ3n) is 2.52. The summed E-state index contributed by atoms with van der Waals surface area (Å²) >= 11 is 13.7. The van der Waals surface area contributed by atoms with E-state index in [0.717, 1.165) is 10.5 Å². The monoisotopic (exact) mass is 312 g/mol. The molecule has 2 aromatic rings. The molecular formula is C14H10Cl2O2S. The van der Waals surface area contributed by atoms with Crippen LogP contribution in [0.3, 0.4) is 0 Å². The van der Waals surface area contributed by atoms with Crippen molar-refractivity contribution < 1.29 is 9.90 Å². The fraction of sp³-hybridized carbons (Fsp3) is 0.0714. The van der Waals surface area contributed by atoms with E-state index in [1.54, 1.807) is 12.1 Å². The van der Waals surface area contributed by atoms with Crippen LogP contribution in [0.15, 0.2) is 47.4 Å². The molecule has 0 atom stereocenters. The summed E-state index contributed by atoms with van der Waals surface area (Å²) in [5, 5.41) is 10.0. The third kappa shape index (κ3) is 3.66. The molecule has 19 heavy (non-hydrogen) atoms. The van der Waals surface area contributed by atoms with Crippen LogP contribution in [0.4, 0.5) is 0 Å². The molecule has 0 aliphatic heterocycles. The summed E-state index contributed by atoms with van der Waals surface area (Å²) in [5.74, 6) is -0.296. The highest BCUT2D eigenvalue weighted by molar-refractivity contribution is 7.98. The Morgan fingerprint density at radius 3 is 2.47 bits per heavy atom. The third-order valence-corrected chi connectivity index (χ3v) is 4.44. The normalized spacial score (nSPS) is 10.4. The zero-order chi connectivity index (χ0) is 13.8. The van der Waals surface area contributed by atoms with Gasteiger partial charge in [-0.2, -0.15) is 0 Å². The molecule has 0 aliphatic rings. The molecule has 0 bridgehead atoms. The molecule has 2 aromatic carbocycles. The molecule has 1 N–H and O–H groups in total. The molecule has 5 heteroatoms. The van der Waals surface area contributed by atoms with Crippen LogP contribution in [0.5, 0.6) is 0 Å². The van der Waals surface area contributed by atoms with Crippen LogP contribution in [0, 0.1) is 0 Å². The van der Waals surface area contributed by atoms with Gasteiger partial charge in [-0.3, -0.25) is 0 Å². The quantitative estimate of drug-likeness (QED) is 0.809. The van der Waals surface area contributed by atoms with Crippen molar-refractivity contribution in [3.63, 3.8) is 0 Å². The Morgan fingerprint density at radius 2 is 1.84 bits per heavy atom. The maximum atomic E-state index is 10.8. The number of thioether (sulfide) groups is 1. The standard InChI is InChI=1S/C14H10Cl2O2S/c15-11-4-2-1-3-10(11)8-19-13-6-5-9(14(17)18)7-12(13)16/h1-7H,8H2,(H,17,18). The minimum atomic E-state index is -0.982. The highest BCUT2D eigenvalue weighted by atomic mass is 35.5. The van der Waals surface area contributed by atoms with E-state index < -0.39 is 5.97 Å². The summed E-state index contributed by atoms with van der Waals surface area (Å²) in [6, 6.07) is 12.3. The first-order valence-corrected chi connectivity index (χ1v) is 7.21. The largest absolute Gasteiger partial charge is 0.478 e. The predicted octanol–water partition coefficient (Wildman–Crippen LogP) is 4.98. The topological polar surface area (TPSA) is 37.3 Å². The highest BCUT2D eigenvalue weighted by Gasteiger charge is 2.08. The summed E-state index contributed by atoms with van der Waals surface area (Å²) in [6.07, 6.45) is 0. The van der Waals surface area contributed by atoms with E-state index in [1.807, 2.05) is 24.3 Å². The van der Waals surface area contributed by atoms with Gasteiger partial charge in [0.1, 0.15) is 0 Å². The van der Waals surface area contributed by atoms with Gasteiger partial charge in [-0.25, -0.2) is 4.79 Å². The zero-order valence-electron chi connectivity index (χ0n) is 9.77. The molecular weight excluding hydrogens is 303 g/mol. The fourth-order valence-corrected chi connectivity index (χ4v) is 3.07. The summed E-state index contributed by atoms with van der Waals surface area (Å²) in [5.41, 5.74) is 1.21. The Kier molecular flexibility index (Phi) is 4.75. The maximum Gasteiger partial charge on any atom is 0.335 e. The van der Waals surface area contributed by atoms with Crippen molar-refractivity contribution in [3.8, 4) is 0 Å². The van der Waals surface area contributed by atoms with Crippen LogP contribution >= 0.6 is 35.0 Å². The Hall–Kier alpha value is -1.16. The van der Waals surface area contributed by atoms with Gasteiger partial charge in [0.15, 0.2) is 0 Å². The molecule has 0 radical (unpaired) electrons. The minimum absolute atomic E-state index is 0.187. The number of carboxylic acids is 1. The molecule has 2 rings (SSSR count). The van der Waals surface area contributed by atoms with Crippen molar-refractivity contribution in [2.75, 3.05) is 0 Å². The highest BCUT2D eigenvalue weighted by Crippen LogP contribution is 2.32. The number of hydrogen-bond donors (Lipinski definition) is 1. The summed E-state index contributed by atoms with van der Waals surface area (Å²) in [4.78, 5) is 11.6. The second kappa shape index (κ2) is 6.33. The van der Waals surface area contributed by atoms with E-state index in [0.29, 0.717) is 15.8 Å². The van der Waals surface area contributed by atoms with Crippen molar-refractivity contribution in [1.82, 2.24) is 0 Å². The molecule has 0 saturated heterocycles. The molecule has 0 fully saturated rings. The van der Waals surface area contributed by atoms with Gasteiger partial charge in [-0.05, 0) is 29.8 Å². The number of carbonyl (C=O) groups is 1. The number of halogens is 2. The molecule has 2 nitrogen and oxygen atoms in total. The van der Waals surface area contributed by atoms with E-state index in [4.69, 9.17) is 28.3 Å². The first-order chi connectivity index (χ1) is 9.08. The van der Waals surface area contributed by atoms with Crippen molar-refractivity contribution >= 4 is 40.9 Å². The van der Waals surface area contributed by atoms with Gasteiger partial charge >= 0.3 is 5.97 Å². The second-order valence-electron chi connectivity index (χ2n) is 3.83. The van der Waals surface area contributed by atoms with Gasteiger partial charge in [-0.1, -0.05) is 41.4 Å². The molecule has 0 unspecified atom stereocenters. The lowest BCUT2D eigenvalue weighted by Gasteiger charge is -2.06. The lowest BCUT2D eigenvalue weighted by Crippen LogP contribution is -1.95. The molecule has 98 valence electrons. The van der Waals surface area contributed by atoms with Gasteiger partial charge in [0.05, 0.1) is 10.6 Å². The number of aromatic carboxylic acids is 1. The number of rotatable bonds is 4. The summed E-state index contributed by atoms with van der Waals surface area (Å²) < 4.78 is 0. The summed E-state index contributed by atoms with van der Waals surface area (Å²) in [7, 11) is 0. The van der Waals surface area contributed by atoms with Crippen molar-refractivity contribution in [2.24, 2.45) is 0 Å². The van der Waals surface area contributed by atoms with E-state index >= 15 is 0 Å². The first-order valence-electron chi connectivity index (χ1n) is 5.47. The van der Waals surface area contributed by atoms with Gasteiger partial charge in [0.2, 0.25) is 0 Å². The van der Waals surface area contributed by atoms with Crippen LogP contribution < -0.4 is 0 Å².